The Morgan fingerprint density at radius 3 is 2.47 bits per heavy atom. The van der Waals surface area contributed by atoms with Crippen molar-refractivity contribution in [1.29, 1.82) is 0 Å². The van der Waals surface area contributed by atoms with E-state index in [0.29, 0.717) is 6.54 Å². The molecule has 0 bridgehead atoms. The Morgan fingerprint density at radius 1 is 1.10 bits per heavy atom. The van der Waals surface area contributed by atoms with Crippen LogP contribution in [0.15, 0.2) is 23.2 Å². The zero-order chi connectivity index (χ0) is 21.3. The number of piperazine rings is 1. The van der Waals surface area contributed by atoms with Crippen LogP contribution in [-0.4, -0.2) is 93.1 Å². The van der Waals surface area contributed by atoms with Crippen molar-refractivity contribution in [2.45, 2.75) is 25.7 Å². The van der Waals surface area contributed by atoms with E-state index in [4.69, 9.17) is 16.3 Å². The maximum atomic E-state index is 12.5. The largest absolute Gasteiger partial charge is 0.497 e. The number of likely N-dealkylation sites (tertiary alicyclic amines) is 1. The molecule has 0 radical (unpaired) electrons. The number of benzene rings is 1. The number of carbonyl (C=O) groups excluding carboxylic acids is 1. The lowest BCUT2D eigenvalue weighted by molar-refractivity contribution is -0.133. The maximum Gasteiger partial charge on any atom is 0.236 e. The number of piperidine rings is 1. The van der Waals surface area contributed by atoms with Gasteiger partial charge in [0, 0.05) is 57.9 Å². The lowest BCUT2D eigenvalue weighted by Gasteiger charge is -2.37. The van der Waals surface area contributed by atoms with E-state index in [-0.39, 0.29) is 5.91 Å². The van der Waals surface area contributed by atoms with E-state index in [9.17, 15) is 4.79 Å². The number of hydrogen-bond acceptors (Lipinski definition) is 4. The average Bonchev–Trinajstić information content (AvgIpc) is 2.79. The van der Waals surface area contributed by atoms with Crippen LogP contribution in [0.5, 0.6) is 5.75 Å². The molecule has 2 aliphatic rings. The van der Waals surface area contributed by atoms with E-state index in [1.165, 1.54) is 6.42 Å². The second kappa shape index (κ2) is 11.4. The minimum absolute atomic E-state index is 0.280. The molecule has 2 fully saturated rings. The van der Waals surface area contributed by atoms with E-state index in [1.54, 1.807) is 7.11 Å². The van der Waals surface area contributed by atoms with Gasteiger partial charge in [0.15, 0.2) is 5.96 Å². The Kier molecular flexibility index (Phi) is 8.63. The Labute approximate surface area is 185 Å². The van der Waals surface area contributed by atoms with Crippen LogP contribution in [0, 0.1) is 0 Å². The molecule has 30 heavy (non-hydrogen) atoms. The van der Waals surface area contributed by atoms with Crippen LogP contribution in [-0.2, 0) is 11.2 Å². The summed E-state index contributed by atoms with van der Waals surface area (Å²) in [6.07, 6.45) is 4.35. The molecule has 2 aliphatic heterocycles. The molecule has 2 heterocycles. The summed E-state index contributed by atoms with van der Waals surface area (Å²) in [6, 6.07) is 5.78. The molecule has 0 spiro atoms. The summed E-state index contributed by atoms with van der Waals surface area (Å²) < 4.78 is 5.20. The Bertz CT molecular complexity index is 728. The van der Waals surface area contributed by atoms with Crippen molar-refractivity contribution in [3.8, 4) is 5.75 Å². The van der Waals surface area contributed by atoms with Crippen LogP contribution >= 0.6 is 11.6 Å². The Morgan fingerprint density at radius 2 is 1.83 bits per heavy atom. The van der Waals surface area contributed by atoms with Crippen molar-refractivity contribution in [3.63, 3.8) is 0 Å². The summed E-state index contributed by atoms with van der Waals surface area (Å²) in [6.45, 7) is 6.64. The number of ether oxygens (including phenoxy) is 1. The van der Waals surface area contributed by atoms with Crippen LogP contribution in [0.3, 0.4) is 0 Å². The van der Waals surface area contributed by atoms with E-state index >= 15 is 0 Å². The predicted octanol–water partition coefficient (Wildman–Crippen LogP) is 2.10. The molecule has 1 aromatic rings. The van der Waals surface area contributed by atoms with Gasteiger partial charge in [0.05, 0.1) is 13.7 Å². The number of methoxy groups -OCH3 is 1. The van der Waals surface area contributed by atoms with Gasteiger partial charge >= 0.3 is 0 Å². The maximum absolute atomic E-state index is 12.5. The molecule has 0 aliphatic carbocycles. The summed E-state index contributed by atoms with van der Waals surface area (Å²) in [5.41, 5.74) is 1.08. The van der Waals surface area contributed by atoms with Gasteiger partial charge in [-0.25, -0.2) is 0 Å². The molecule has 3 rings (SSSR count). The number of nitrogens with one attached hydrogen (secondary N) is 1. The number of aliphatic imine (C=N–C) groups is 1. The molecule has 2 saturated heterocycles. The average molecular weight is 436 g/mol. The van der Waals surface area contributed by atoms with Gasteiger partial charge < -0.3 is 19.9 Å². The van der Waals surface area contributed by atoms with E-state index < -0.39 is 0 Å². The Hall–Kier alpha value is -1.99. The minimum atomic E-state index is 0.280. The van der Waals surface area contributed by atoms with Gasteiger partial charge in [-0.15, -0.1) is 0 Å². The summed E-state index contributed by atoms with van der Waals surface area (Å²) in [5.74, 6) is 1.95. The number of rotatable bonds is 6. The fourth-order valence-corrected chi connectivity index (χ4v) is 4.32. The van der Waals surface area contributed by atoms with Crippen molar-refractivity contribution in [3.05, 3.63) is 28.8 Å². The molecule has 0 saturated carbocycles. The Balaban J connectivity index is 1.41. The zero-order valence-electron chi connectivity index (χ0n) is 18.2. The van der Waals surface area contributed by atoms with Gasteiger partial charge in [0.25, 0.3) is 0 Å². The van der Waals surface area contributed by atoms with Crippen molar-refractivity contribution >= 4 is 23.5 Å². The predicted molar refractivity (Wildman–Crippen MR) is 122 cm³/mol. The van der Waals surface area contributed by atoms with E-state index in [2.05, 4.69) is 20.1 Å². The number of guanidine groups is 1. The molecule has 8 heteroatoms. The van der Waals surface area contributed by atoms with Crippen LogP contribution < -0.4 is 10.1 Å². The molecule has 1 amide bonds. The summed E-state index contributed by atoms with van der Waals surface area (Å²) in [5, 5.41) is 4.16. The monoisotopic (exact) mass is 435 g/mol. The quantitative estimate of drug-likeness (QED) is 0.547. The first-order chi connectivity index (χ1) is 14.6. The summed E-state index contributed by atoms with van der Waals surface area (Å²) in [7, 11) is 3.45. The SMILES string of the molecule is CN=C(NCCc1ccc(OC)cc1Cl)N1CCN(CC(=O)N2CCCCC2)CC1. The van der Waals surface area contributed by atoms with Crippen LogP contribution in [0.4, 0.5) is 0 Å². The third kappa shape index (κ3) is 6.25. The van der Waals surface area contributed by atoms with Gasteiger partial charge in [-0.05, 0) is 43.4 Å². The first kappa shape index (κ1) is 22.7. The highest BCUT2D eigenvalue weighted by atomic mass is 35.5. The smallest absolute Gasteiger partial charge is 0.236 e. The van der Waals surface area contributed by atoms with E-state index in [0.717, 1.165) is 87.4 Å². The topological polar surface area (TPSA) is 60.4 Å². The van der Waals surface area contributed by atoms with Gasteiger partial charge in [-0.2, -0.15) is 0 Å². The number of hydrogen-bond donors (Lipinski definition) is 1. The molecule has 0 unspecified atom stereocenters. The highest BCUT2D eigenvalue weighted by Crippen LogP contribution is 2.22. The number of carbonyl (C=O) groups is 1. The fourth-order valence-electron chi connectivity index (χ4n) is 4.05. The molecule has 166 valence electrons. The van der Waals surface area contributed by atoms with Crippen molar-refractivity contribution in [1.82, 2.24) is 20.0 Å². The lowest BCUT2D eigenvalue weighted by Crippen LogP contribution is -2.54. The molecular formula is C22H34ClN5O2. The first-order valence-electron chi connectivity index (χ1n) is 10.9. The van der Waals surface area contributed by atoms with E-state index in [1.807, 2.05) is 30.1 Å². The van der Waals surface area contributed by atoms with Gasteiger partial charge in [-0.1, -0.05) is 17.7 Å². The normalized spacial score (nSPS) is 18.4. The summed E-state index contributed by atoms with van der Waals surface area (Å²) >= 11 is 6.33. The fraction of sp³-hybridized carbons (Fsp3) is 0.636. The molecule has 1 aromatic carbocycles. The second-order valence-electron chi connectivity index (χ2n) is 7.89. The van der Waals surface area contributed by atoms with Crippen LogP contribution in [0.25, 0.3) is 0 Å². The molecule has 0 atom stereocenters. The van der Waals surface area contributed by atoms with Gasteiger partial charge in [0.1, 0.15) is 5.75 Å². The summed E-state index contributed by atoms with van der Waals surface area (Å²) in [4.78, 5) is 23.5. The molecular weight excluding hydrogens is 402 g/mol. The number of halogens is 1. The van der Waals surface area contributed by atoms with Crippen molar-refractivity contribution in [2.75, 3.05) is 66.5 Å². The van der Waals surface area contributed by atoms with Gasteiger partial charge in [-0.3, -0.25) is 14.7 Å². The first-order valence-corrected chi connectivity index (χ1v) is 11.3. The third-order valence-electron chi connectivity index (χ3n) is 5.89. The standard InChI is InChI=1S/C22H34ClN5O2/c1-24-22(25-9-8-18-6-7-19(30-2)16-20(18)23)28-14-12-26(13-15-28)17-21(29)27-10-4-3-5-11-27/h6-7,16H,3-5,8-15,17H2,1-2H3,(H,24,25). The van der Waals surface area contributed by atoms with Crippen molar-refractivity contribution in [2.24, 2.45) is 4.99 Å². The highest BCUT2D eigenvalue weighted by Gasteiger charge is 2.24. The zero-order valence-corrected chi connectivity index (χ0v) is 19.0. The van der Waals surface area contributed by atoms with Crippen LogP contribution in [0.2, 0.25) is 5.02 Å². The van der Waals surface area contributed by atoms with Crippen LogP contribution in [0.1, 0.15) is 24.8 Å². The molecule has 1 N–H and O–H groups in total. The minimum Gasteiger partial charge on any atom is -0.497 e. The number of nitrogens with zero attached hydrogens (tertiary/aromatic N) is 4. The molecule has 0 aromatic heterocycles. The third-order valence-corrected chi connectivity index (χ3v) is 6.24. The molecule has 7 nitrogen and oxygen atoms in total. The second-order valence-corrected chi connectivity index (χ2v) is 8.29. The lowest BCUT2D eigenvalue weighted by atomic mass is 10.1. The van der Waals surface area contributed by atoms with Crippen molar-refractivity contribution < 1.29 is 9.53 Å². The highest BCUT2D eigenvalue weighted by molar-refractivity contribution is 6.31. The van der Waals surface area contributed by atoms with Gasteiger partial charge in [0.2, 0.25) is 5.91 Å². The number of amides is 1.